The van der Waals surface area contributed by atoms with E-state index < -0.39 is 0 Å². The minimum atomic E-state index is -0.233. The molecule has 1 aliphatic rings. The number of fused-ring (bicyclic) bond motifs is 1. The van der Waals surface area contributed by atoms with Gasteiger partial charge in [-0.25, -0.2) is 4.98 Å². The van der Waals surface area contributed by atoms with E-state index in [9.17, 15) is 9.59 Å². The Morgan fingerprint density at radius 1 is 1.35 bits per heavy atom. The maximum atomic E-state index is 12.5. The van der Waals surface area contributed by atoms with Crippen LogP contribution in [0.25, 0.3) is 4.96 Å². The van der Waals surface area contributed by atoms with Gasteiger partial charge in [0, 0.05) is 30.4 Å². The highest BCUT2D eigenvalue weighted by Crippen LogP contribution is 2.15. The number of hydrogen-bond donors (Lipinski definition) is 0. The Kier molecular flexibility index (Phi) is 3.56. The number of carbonyl (C=O) groups excluding carboxylic acids is 1. The van der Waals surface area contributed by atoms with Crippen LogP contribution < -0.4 is 5.56 Å². The van der Waals surface area contributed by atoms with Gasteiger partial charge >= 0.3 is 0 Å². The topological polar surface area (TPSA) is 54.7 Å². The second-order valence-electron chi connectivity index (χ2n) is 5.03. The zero-order chi connectivity index (χ0) is 14.1. The number of aromatic nitrogens is 2. The Bertz CT molecular complexity index is 698. The Hall–Kier alpha value is -1.69. The Morgan fingerprint density at radius 3 is 2.80 bits per heavy atom. The summed E-state index contributed by atoms with van der Waals surface area (Å²) in [5.74, 6) is -0.176. The van der Waals surface area contributed by atoms with Crippen molar-refractivity contribution < 1.29 is 4.79 Å². The van der Waals surface area contributed by atoms with Crippen LogP contribution in [-0.2, 0) is 6.42 Å². The van der Waals surface area contributed by atoms with E-state index in [2.05, 4.69) is 4.98 Å². The average Bonchev–Trinajstić information content (AvgIpc) is 2.92. The number of aryl methyl sites for hydroxylation is 1. The third-order valence-corrected chi connectivity index (χ3v) is 4.64. The highest BCUT2D eigenvalue weighted by atomic mass is 32.1. The molecule has 106 valence electrons. The largest absolute Gasteiger partial charge is 0.338 e. The van der Waals surface area contributed by atoms with E-state index in [1.165, 1.54) is 17.5 Å². The standard InChI is InChI=1S/C14H17N3O2S/c1-2-10-9-20-14-15-8-11(13(19)17(10)14)12(18)16-6-4-3-5-7-16/h8-9H,2-7H2,1H3. The van der Waals surface area contributed by atoms with E-state index in [0.29, 0.717) is 4.96 Å². The average molecular weight is 291 g/mol. The summed E-state index contributed by atoms with van der Waals surface area (Å²) in [4.78, 5) is 31.7. The Labute approximate surface area is 120 Å². The fourth-order valence-electron chi connectivity index (χ4n) is 2.61. The van der Waals surface area contributed by atoms with Crippen LogP contribution in [0.4, 0.5) is 0 Å². The van der Waals surface area contributed by atoms with Crippen molar-refractivity contribution in [2.24, 2.45) is 0 Å². The molecule has 0 N–H and O–H groups in total. The molecule has 0 bridgehead atoms. The molecule has 6 heteroatoms. The molecule has 3 heterocycles. The van der Waals surface area contributed by atoms with Crippen LogP contribution in [0.3, 0.4) is 0 Å². The zero-order valence-electron chi connectivity index (χ0n) is 11.5. The molecular formula is C14H17N3O2S. The van der Waals surface area contributed by atoms with Crippen molar-refractivity contribution in [1.82, 2.24) is 14.3 Å². The first-order valence-electron chi connectivity index (χ1n) is 6.99. The van der Waals surface area contributed by atoms with Crippen molar-refractivity contribution in [2.45, 2.75) is 32.6 Å². The fourth-order valence-corrected chi connectivity index (χ4v) is 3.54. The first-order chi connectivity index (χ1) is 9.72. The normalized spacial score (nSPS) is 15.8. The minimum Gasteiger partial charge on any atom is -0.338 e. The predicted molar refractivity (Wildman–Crippen MR) is 78.5 cm³/mol. The van der Waals surface area contributed by atoms with E-state index in [-0.39, 0.29) is 17.0 Å². The number of thiazole rings is 1. The highest BCUT2D eigenvalue weighted by Gasteiger charge is 2.22. The van der Waals surface area contributed by atoms with E-state index in [1.54, 1.807) is 9.30 Å². The van der Waals surface area contributed by atoms with Gasteiger partial charge in [0.05, 0.1) is 0 Å². The molecule has 20 heavy (non-hydrogen) atoms. The van der Waals surface area contributed by atoms with Gasteiger partial charge in [0.1, 0.15) is 5.56 Å². The van der Waals surface area contributed by atoms with Crippen LogP contribution in [0, 0.1) is 0 Å². The molecule has 5 nitrogen and oxygen atoms in total. The summed E-state index contributed by atoms with van der Waals surface area (Å²) in [7, 11) is 0. The van der Waals surface area contributed by atoms with Crippen molar-refractivity contribution >= 4 is 22.2 Å². The quantitative estimate of drug-likeness (QED) is 0.849. The summed E-state index contributed by atoms with van der Waals surface area (Å²) in [6.45, 7) is 3.48. The number of amides is 1. The Morgan fingerprint density at radius 2 is 2.10 bits per heavy atom. The first kappa shape index (κ1) is 13.3. The summed E-state index contributed by atoms with van der Waals surface area (Å²) in [5, 5.41) is 1.93. The molecule has 0 atom stereocenters. The maximum Gasteiger partial charge on any atom is 0.271 e. The van der Waals surface area contributed by atoms with Crippen LogP contribution in [0.15, 0.2) is 16.4 Å². The second kappa shape index (κ2) is 5.36. The molecule has 0 aromatic carbocycles. The van der Waals surface area contributed by atoms with Gasteiger partial charge in [-0.2, -0.15) is 0 Å². The molecule has 0 spiro atoms. The van der Waals surface area contributed by atoms with Gasteiger partial charge in [-0.1, -0.05) is 6.92 Å². The summed E-state index contributed by atoms with van der Waals surface area (Å²) < 4.78 is 1.57. The fraction of sp³-hybridized carbons (Fsp3) is 0.500. The van der Waals surface area contributed by atoms with Gasteiger partial charge in [-0.3, -0.25) is 14.0 Å². The number of nitrogens with zero attached hydrogens (tertiary/aromatic N) is 3. The van der Waals surface area contributed by atoms with Gasteiger partial charge in [0.2, 0.25) is 0 Å². The lowest BCUT2D eigenvalue weighted by atomic mass is 10.1. The monoisotopic (exact) mass is 291 g/mol. The lowest BCUT2D eigenvalue weighted by Crippen LogP contribution is -2.39. The third-order valence-electron chi connectivity index (χ3n) is 3.75. The molecular weight excluding hydrogens is 274 g/mol. The molecule has 0 unspecified atom stereocenters. The van der Waals surface area contributed by atoms with Crippen LogP contribution in [0.2, 0.25) is 0 Å². The van der Waals surface area contributed by atoms with Gasteiger partial charge in [-0.05, 0) is 25.7 Å². The number of likely N-dealkylation sites (tertiary alicyclic amines) is 1. The number of piperidine rings is 1. The zero-order valence-corrected chi connectivity index (χ0v) is 12.3. The number of carbonyl (C=O) groups is 1. The van der Waals surface area contributed by atoms with E-state index in [4.69, 9.17) is 0 Å². The molecule has 1 amide bonds. The lowest BCUT2D eigenvalue weighted by Gasteiger charge is -2.26. The van der Waals surface area contributed by atoms with Crippen molar-refractivity contribution in [1.29, 1.82) is 0 Å². The maximum absolute atomic E-state index is 12.5. The summed E-state index contributed by atoms with van der Waals surface area (Å²) in [6, 6.07) is 0. The molecule has 3 rings (SSSR count). The van der Waals surface area contributed by atoms with Crippen molar-refractivity contribution in [3.8, 4) is 0 Å². The van der Waals surface area contributed by atoms with Crippen LogP contribution in [-0.4, -0.2) is 33.3 Å². The molecule has 2 aromatic rings. The molecule has 0 radical (unpaired) electrons. The third kappa shape index (κ3) is 2.14. The minimum absolute atomic E-state index is 0.176. The van der Waals surface area contributed by atoms with Gasteiger partial charge in [-0.15, -0.1) is 11.3 Å². The second-order valence-corrected chi connectivity index (χ2v) is 5.87. The smallest absolute Gasteiger partial charge is 0.271 e. The van der Waals surface area contributed by atoms with Gasteiger partial charge in [0.15, 0.2) is 4.96 Å². The highest BCUT2D eigenvalue weighted by molar-refractivity contribution is 7.15. The van der Waals surface area contributed by atoms with E-state index >= 15 is 0 Å². The first-order valence-corrected chi connectivity index (χ1v) is 7.87. The summed E-state index contributed by atoms with van der Waals surface area (Å²) in [5.41, 5.74) is 0.872. The van der Waals surface area contributed by atoms with Crippen molar-refractivity contribution in [3.63, 3.8) is 0 Å². The SMILES string of the molecule is CCc1csc2ncc(C(=O)N3CCCCC3)c(=O)n12. The lowest BCUT2D eigenvalue weighted by molar-refractivity contribution is 0.0722. The number of rotatable bonds is 2. The summed E-state index contributed by atoms with van der Waals surface area (Å²) >= 11 is 1.44. The number of hydrogen-bond acceptors (Lipinski definition) is 4. The molecule has 1 aliphatic heterocycles. The van der Waals surface area contributed by atoms with Crippen molar-refractivity contribution in [2.75, 3.05) is 13.1 Å². The molecule has 1 fully saturated rings. The van der Waals surface area contributed by atoms with Crippen LogP contribution in [0.5, 0.6) is 0 Å². The van der Waals surface area contributed by atoms with Gasteiger partial charge < -0.3 is 4.90 Å². The van der Waals surface area contributed by atoms with Crippen molar-refractivity contribution in [3.05, 3.63) is 33.2 Å². The molecule has 0 saturated carbocycles. The van der Waals surface area contributed by atoms with E-state index in [1.807, 2.05) is 12.3 Å². The summed E-state index contributed by atoms with van der Waals surface area (Å²) in [6.07, 6.45) is 5.38. The van der Waals surface area contributed by atoms with E-state index in [0.717, 1.165) is 44.5 Å². The van der Waals surface area contributed by atoms with Crippen LogP contribution >= 0.6 is 11.3 Å². The molecule has 0 aliphatic carbocycles. The molecule has 1 saturated heterocycles. The molecule has 2 aromatic heterocycles. The Balaban J connectivity index is 2.05. The van der Waals surface area contributed by atoms with Crippen LogP contribution in [0.1, 0.15) is 42.2 Å². The predicted octanol–water partition coefficient (Wildman–Crippen LogP) is 1.94. The van der Waals surface area contributed by atoms with Gasteiger partial charge in [0.25, 0.3) is 11.5 Å².